The number of nitrogens with zero attached hydrogens (tertiary/aromatic N) is 2. The Labute approximate surface area is 102 Å². The second kappa shape index (κ2) is 5.63. The van der Waals surface area contributed by atoms with Crippen LogP contribution in [-0.4, -0.2) is 36.1 Å². The maximum atomic E-state index is 8.84. The minimum absolute atomic E-state index is 0.0286. The number of rotatable bonds is 5. The van der Waals surface area contributed by atoms with Gasteiger partial charge in [-0.3, -0.25) is 10.4 Å². The number of aliphatic hydroxyl groups excluding tert-OH is 1. The number of nitrogens with two attached hydrogens (primary N) is 1. The summed E-state index contributed by atoms with van der Waals surface area (Å²) in [6, 6.07) is 1.92. The average Bonchev–Trinajstić information content (AvgIpc) is 2.23. The molecule has 0 spiro atoms. The summed E-state index contributed by atoms with van der Waals surface area (Å²) in [5.41, 5.74) is 8.84. The Morgan fingerprint density at radius 2 is 2.18 bits per heavy atom. The summed E-state index contributed by atoms with van der Waals surface area (Å²) in [6.07, 6.45) is 0.689. The summed E-state index contributed by atoms with van der Waals surface area (Å²) in [5.74, 6) is 0.0286. The lowest BCUT2D eigenvalue weighted by atomic mass is 10.1. The minimum Gasteiger partial charge on any atom is -0.396 e. The zero-order valence-corrected chi connectivity index (χ0v) is 10.6. The summed E-state index contributed by atoms with van der Waals surface area (Å²) >= 11 is 0. The van der Waals surface area contributed by atoms with Crippen molar-refractivity contribution in [1.29, 1.82) is 5.41 Å². The third-order valence-corrected chi connectivity index (χ3v) is 2.64. The van der Waals surface area contributed by atoms with E-state index in [1.807, 2.05) is 31.9 Å². The van der Waals surface area contributed by atoms with Gasteiger partial charge in [-0.1, -0.05) is 0 Å². The molecule has 0 saturated heterocycles. The number of nitrogens with one attached hydrogen (secondary N) is 1. The molecule has 1 heterocycles. The molecule has 0 saturated carbocycles. The predicted molar refractivity (Wildman–Crippen MR) is 69.7 cm³/mol. The quantitative estimate of drug-likeness (QED) is 0.521. The van der Waals surface area contributed by atoms with Crippen molar-refractivity contribution in [3.05, 3.63) is 23.0 Å². The fourth-order valence-corrected chi connectivity index (χ4v) is 1.87. The Morgan fingerprint density at radius 1 is 1.53 bits per heavy atom. The molecular formula is C12H20N4O. The van der Waals surface area contributed by atoms with E-state index in [1.165, 1.54) is 0 Å². The third-order valence-electron chi connectivity index (χ3n) is 2.64. The van der Waals surface area contributed by atoms with Gasteiger partial charge in [0.25, 0.3) is 0 Å². The monoisotopic (exact) mass is 236 g/mol. The molecule has 0 radical (unpaired) electrons. The highest BCUT2D eigenvalue weighted by molar-refractivity contribution is 6.01. The Balaban J connectivity index is 3.15. The zero-order valence-electron chi connectivity index (χ0n) is 10.6. The first-order valence-corrected chi connectivity index (χ1v) is 5.62. The van der Waals surface area contributed by atoms with Crippen LogP contribution in [0.15, 0.2) is 6.07 Å². The summed E-state index contributed by atoms with van der Waals surface area (Å²) in [7, 11) is 1.93. The number of nitrogen functional groups attached to an aromatic ring is 1. The SMILES string of the molecule is Cc1cc(N(C)CCCO)c(C(=N)N)c(C)n1. The van der Waals surface area contributed by atoms with Gasteiger partial charge in [0.15, 0.2) is 0 Å². The lowest BCUT2D eigenvalue weighted by Crippen LogP contribution is -2.25. The van der Waals surface area contributed by atoms with Crippen LogP contribution in [0.4, 0.5) is 5.69 Å². The largest absolute Gasteiger partial charge is 0.396 e. The molecule has 0 amide bonds. The number of pyridine rings is 1. The number of aromatic nitrogens is 1. The van der Waals surface area contributed by atoms with E-state index in [0.717, 1.165) is 23.6 Å². The van der Waals surface area contributed by atoms with Crippen molar-refractivity contribution in [1.82, 2.24) is 4.98 Å². The van der Waals surface area contributed by atoms with Gasteiger partial charge in [0.05, 0.1) is 16.9 Å². The second-order valence-corrected chi connectivity index (χ2v) is 4.16. The van der Waals surface area contributed by atoms with Crippen molar-refractivity contribution in [2.75, 3.05) is 25.1 Å². The average molecular weight is 236 g/mol. The van der Waals surface area contributed by atoms with Crippen molar-refractivity contribution < 1.29 is 5.11 Å². The standard InChI is InChI=1S/C12H20N4O/c1-8-7-10(16(3)5-4-6-17)11(12(13)14)9(2)15-8/h7,17H,4-6H2,1-3H3,(H3,13,14). The molecule has 94 valence electrons. The highest BCUT2D eigenvalue weighted by Gasteiger charge is 2.14. The molecule has 0 aliphatic heterocycles. The van der Waals surface area contributed by atoms with Crippen LogP contribution in [0.5, 0.6) is 0 Å². The molecule has 5 heteroatoms. The van der Waals surface area contributed by atoms with Crippen LogP contribution < -0.4 is 10.6 Å². The normalized spacial score (nSPS) is 10.4. The first kappa shape index (κ1) is 13.4. The van der Waals surface area contributed by atoms with Gasteiger partial charge in [-0.05, 0) is 26.3 Å². The molecule has 1 aromatic rings. The van der Waals surface area contributed by atoms with Crippen LogP contribution in [0, 0.1) is 19.3 Å². The van der Waals surface area contributed by atoms with Gasteiger partial charge in [0, 0.05) is 25.9 Å². The van der Waals surface area contributed by atoms with Gasteiger partial charge >= 0.3 is 0 Å². The van der Waals surface area contributed by atoms with E-state index in [0.29, 0.717) is 12.0 Å². The van der Waals surface area contributed by atoms with Crippen LogP contribution in [0.1, 0.15) is 23.4 Å². The third kappa shape index (κ3) is 3.17. The van der Waals surface area contributed by atoms with E-state index in [9.17, 15) is 0 Å². The lowest BCUT2D eigenvalue weighted by molar-refractivity contribution is 0.290. The fourth-order valence-electron chi connectivity index (χ4n) is 1.87. The first-order valence-electron chi connectivity index (χ1n) is 5.62. The highest BCUT2D eigenvalue weighted by Crippen LogP contribution is 2.22. The maximum Gasteiger partial charge on any atom is 0.126 e. The molecule has 0 atom stereocenters. The van der Waals surface area contributed by atoms with Crippen LogP contribution in [0.2, 0.25) is 0 Å². The van der Waals surface area contributed by atoms with Crippen molar-refractivity contribution in [3.8, 4) is 0 Å². The Kier molecular flexibility index (Phi) is 4.45. The summed E-state index contributed by atoms with van der Waals surface area (Å²) < 4.78 is 0. The number of hydrogen-bond donors (Lipinski definition) is 3. The first-order chi connectivity index (χ1) is 7.97. The lowest BCUT2D eigenvalue weighted by Gasteiger charge is -2.23. The molecular weight excluding hydrogens is 216 g/mol. The molecule has 0 fully saturated rings. The van der Waals surface area contributed by atoms with Gasteiger partial charge in [0.2, 0.25) is 0 Å². The zero-order chi connectivity index (χ0) is 13.0. The molecule has 0 aromatic carbocycles. The van der Waals surface area contributed by atoms with Crippen LogP contribution in [0.25, 0.3) is 0 Å². The van der Waals surface area contributed by atoms with E-state index in [4.69, 9.17) is 16.2 Å². The van der Waals surface area contributed by atoms with Crippen LogP contribution >= 0.6 is 0 Å². The smallest absolute Gasteiger partial charge is 0.126 e. The van der Waals surface area contributed by atoms with Crippen molar-refractivity contribution in [2.24, 2.45) is 5.73 Å². The van der Waals surface area contributed by atoms with Crippen LogP contribution in [-0.2, 0) is 0 Å². The van der Waals surface area contributed by atoms with Gasteiger partial charge in [-0.15, -0.1) is 0 Å². The summed E-state index contributed by atoms with van der Waals surface area (Å²) in [6.45, 7) is 4.65. The number of aryl methyl sites for hydroxylation is 2. The summed E-state index contributed by atoms with van der Waals surface area (Å²) in [5, 5.41) is 16.5. The van der Waals surface area contributed by atoms with Crippen molar-refractivity contribution in [3.63, 3.8) is 0 Å². The molecule has 1 aromatic heterocycles. The minimum atomic E-state index is 0.0286. The second-order valence-electron chi connectivity index (χ2n) is 4.16. The van der Waals surface area contributed by atoms with Crippen molar-refractivity contribution >= 4 is 11.5 Å². The van der Waals surface area contributed by atoms with Gasteiger partial charge in [-0.2, -0.15) is 0 Å². The number of hydrogen-bond acceptors (Lipinski definition) is 4. The molecule has 0 bridgehead atoms. The van der Waals surface area contributed by atoms with E-state index < -0.39 is 0 Å². The predicted octanol–water partition coefficient (Wildman–Crippen LogP) is 0.801. The van der Waals surface area contributed by atoms with Crippen LogP contribution in [0.3, 0.4) is 0 Å². The van der Waals surface area contributed by atoms with E-state index in [-0.39, 0.29) is 12.4 Å². The number of aliphatic hydroxyl groups is 1. The summed E-state index contributed by atoms with van der Waals surface area (Å²) in [4.78, 5) is 6.32. The molecule has 4 N–H and O–H groups in total. The molecule has 0 aliphatic rings. The molecule has 0 unspecified atom stereocenters. The van der Waals surface area contributed by atoms with E-state index >= 15 is 0 Å². The molecule has 1 rings (SSSR count). The Bertz CT molecular complexity index is 417. The number of amidine groups is 1. The van der Waals surface area contributed by atoms with E-state index in [2.05, 4.69) is 4.98 Å². The maximum absolute atomic E-state index is 8.84. The molecule has 17 heavy (non-hydrogen) atoms. The Hall–Kier alpha value is -1.62. The fraction of sp³-hybridized carbons (Fsp3) is 0.500. The molecule has 0 aliphatic carbocycles. The van der Waals surface area contributed by atoms with E-state index in [1.54, 1.807) is 0 Å². The Morgan fingerprint density at radius 3 is 2.71 bits per heavy atom. The van der Waals surface area contributed by atoms with Gasteiger partial charge < -0.3 is 15.7 Å². The van der Waals surface area contributed by atoms with Gasteiger partial charge in [-0.25, -0.2) is 0 Å². The van der Waals surface area contributed by atoms with Crippen molar-refractivity contribution in [2.45, 2.75) is 20.3 Å². The van der Waals surface area contributed by atoms with Gasteiger partial charge in [0.1, 0.15) is 5.84 Å². The topological polar surface area (TPSA) is 86.2 Å². The molecule has 5 nitrogen and oxygen atoms in total. The number of anilines is 1. The highest BCUT2D eigenvalue weighted by atomic mass is 16.3.